The molecule has 1 aliphatic rings. The van der Waals surface area contributed by atoms with Crippen LogP contribution in [-0.2, 0) is 4.79 Å². The van der Waals surface area contributed by atoms with E-state index < -0.39 is 0 Å². The molecule has 1 amide bonds. The average molecular weight is 324 g/mol. The fraction of sp³-hybridized carbons (Fsp3) is 0.333. The molecule has 1 aromatic heterocycles. The second kappa shape index (κ2) is 6.56. The highest BCUT2D eigenvalue weighted by atomic mass is 35.5. The first-order valence-electron chi connectivity index (χ1n) is 6.69. The zero-order valence-corrected chi connectivity index (χ0v) is 13.4. The molecule has 3 rings (SSSR count). The molecule has 0 bridgehead atoms. The summed E-state index contributed by atoms with van der Waals surface area (Å²) in [7, 11) is 0. The van der Waals surface area contributed by atoms with Gasteiger partial charge in [0.25, 0.3) is 0 Å². The molecule has 1 saturated heterocycles. The van der Waals surface area contributed by atoms with Gasteiger partial charge in [-0.25, -0.2) is 4.98 Å². The lowest BCUT2D eigenvalue weighted by molar-refractivity contribution is -0.123. The molecule has 0 spiro atoms. The fourth-order valence-corrected chi connectivity index (χ4v) is 3.02. The normalized spacial score (nSPS) is 20.8. The molecule has 2 N–H and O–H groups in total. The number of amides is 1. The topological polar surface area (TPSA) is 54.0 Å². The Labute approximate surface area is 134 Å². The Morgan fingerprint density at radius 3 is 3.00 bits per heavy atom. The maximum absolute atomic E-state index is 12.4. The van der Waals surface area contributed by atoms with Gasteiger partial charge in [0.05, 0.1) is 5.41 Å². The van der Waals surface area contributed by atoms with E-state index in [0.29, 0.717) is 0 Å². The highest BCUT2D eigenvalue weighted by molar-refractivity contribution is 7.13. The van der Waals surface area contributed by atoms with Gasteiger partial charge in [-0.05, 0) is 32.0 Å². The molecule has 6 heteroatoms. The van der Waals surface area contributed by atoms with Crippen molar-refractivity contribution in [1.82, 2.24) is 10.3 Å². The van der Waals surface area contributed by atoms with Gasteiger partial charge in [-0.3, -0.25) is 4.79 Å². The number of aromatic nitrogens is 1. The summed E-state index contributed by atoms with van der Waals surface area (Å²) in [5, 5.41) is 9.19. The van der Waals surface area contributed by atoms with Crippen molar-refractivity contribution in [3.63, 3.8) is 0 Å². The predicted molar refractivity (Wildman–Crippen MR) is 89.0 cm³/mol. The van der Waals surface area contributed by atoms with Crippen LogP contribution in [0, 0.1) is 5.41 Å². The lowest BCUT2D eigenvalue weighted by atomic mass is 9.88. The Kier molecular flexibility index (Phi) is 4.98. The average Bonchev–Trinajstić information content (AvgIpc) is 3.11. The standard InChI is InChI=1S/C15H17N3OS.ClH/c1-15(5-6-16-10-15)14(19)18-12-4-2-3-11(9-12)13-17-7-8-20-13;/h2-4,7-9,16H,5-6,10H2,1H3,(H,18,19);1H. The van der Waals surface area contributed by atoms with Crippen LogP contribution >= 0.6 is 23.7 Å². The third kappa shape index (κ3) is 3.43. The van der Waals surface area contributed by atoms with E-state index in [1.807, 2.05) is 36.6 Å². The molecule has 1 aromatic carbocycles. The number of halogens is 1. The maximum atomic E-state index is 12.4. The summed E-state index contributed by atoms with van der Waals surface area (Å²) in [5.41, 5.74) is 1.56. The number of thiazole rings is 1. The summed E-state index contributed by atoms with van der Waals surface area (Å²) < 4.78 is 0. The lowest BCUT2D eigenvalue weighted by Crippen LogP contribution is -2.35. The number of rotatable bonds is 3. The summed E-state index contributed by atoms with van der Waals surface area (Å²) in [5.74, 6) is 0.0822. The van der Waals surface area contributed by atoms with E-state index in [1.54, 1.807) is 17.5 Å². The van der Waals surface area contributed by atoms with Crippen LogP contribution in [0.1, 0.15) is 13.3 Å². The molecular weight excluding hydrogens is 306 g/mol. The molecule has 1 atom stereocenters. The summed E-state index contributed by atoms with van der Waals surface area (Å²) >= 11 is 1.59. The first kappa shape index (κ1) is 15.9. The van der Waals surface area contributed by atoms with Gasteiger partial charge >= 0.3 is 0 Å². The van der Waals surface area contributed by atoms with Gasteiger partial charge < -0.3 is 10.6 Å². The zero-order chi connectivity index (χ0) is 14.0. The summed E-state index contributed by atoms with van der Waals surface area (Å²) in [6.45, 7) is 3.65. The molecule has 1 fully saturated rings. The van der Waals surface area contributed by atoms with Crippen LogP contribution in [0.25, 0.3) is 10.6 Å². The van der Waals surface area contributed by atoms with E-state index >= 15 is 0 Å². The van der Waals surface area contributed by atoms with Crippen molar-refractivity contribution >= 4 is 35.3 Å². The minimum Gasteiger partial charge on any atom is -0.326 e. The van der Waals surface area contributed by atoms with Crippen molar-refractivity contribution in [2.45, 2.75) is 13.3 Å². The van der Waals surface area contributed by atoms with Crippen LogP contribution in [0.2, 0.25) is 0 Å². The molecule has 2 aromatic rings. The van der Waals surface area contributed by atoms with Crippen molar-refractivity contribution < 1.29 is 4.79 Å². The number of nitrogens with zero attached hydrogens (tertiary/aromatic N) is 1. The van der Waals surface area contributed by atoms with E-state index in [9.17, 15) is 4.79 Å². The van der Waals surface area contributed by atoms with Gasteiger partial charge in [0.2, 0.25) is 5.91 Å². The fourth-order valence-electron chi connectivity index (χ4n) is 2.39. The number of benzene rings is 1. The van der Waals surface area contributed by atoms with Gasteiger partial charge in [0.1, 0.15) is 5.01 Å². The van der Waals surface area contributed by atoms with Gasteiger partial charge in [-0.15, -0.1) is 23.7 Å². The van der Waals surface area contributed by atoms with Gasteiger partial charge in [0, 0.05) is 29.4 Å². The van der Waals surface area contributed by atoms with Crippen LogP contribution in [0.5, 0.6) is 0 Å². The van der Waals surface area contributed by atoms with E-state index in [0.717, 1.165) is 35.8 Å². The van der Waals surface area contributed by atoms with Crippen molar-refractivity contribution in [1.29, 1.82) is 0 Å². The van der Waals surface area contributed by atoms with Gasteiger partial charge in [0.15, 0.2) is 0 Å². The van der Waals surface area contributed by atoms with Gasteiger partial charge in [-0.2, -0.15) is 0 Å². The van der Waals surface area contributed by atoms with Gasteiger partial charge in [-0.1, -0.05) is 12.1 Å². The molecule has 0 aliphatic carbocycles. The highest BCUT2D eigenvalue weighted by Gasteiger charge is 2.36. The quantitative estimate of drug-likeness (QED) is 0.912. The molecule has 21 heavy (non-hydrogen) atoms. The number of hydrogen-bond donors (Lipinski definition) is 2. The third-order valence-corrected chi connectivity index (χ3v) is 4.54. The smallest absolute Gasteiger partial charge is 0.231 e. The number of hydrogen-bond acceptors (Lipinski definition) is 4. The Bertz CT molecular complexity index is 609. The van der Waals surface area contributed by atoms with E-state index in [1.165, 1.54) is 0 Å². The molecule has 0 saturated carbocycles. The molecule has 112 valence electrons. The molecule has 0 radical (unpaired) electrons. The number of anilines is 1. The molecule has 1 aliphatic heterocycles. The number of carbonyl (C=O) groups excluding carboxylic acids is 1. The summed E-state index contributed by atoms with van der Waals surface area (Å²) in [6, 6.07) is 7.85. The maximum Gasteiger partial charge on any atom is 0.231 e. The molecule has 2 heterocycles. The second-order valence-electron chi connectivity index (χ2n) is 5.36. The third-order valence-electron chi connectivity index (χ3n) is 3.72. The molecule has 4 nitrogen and oxygen atoms in total. The largest absolute Gasteiger partial charge is 0.326 e. The summed E-state index contributed by atoms with van der Waals surface area (Å²) in [6.07, 6.45) is 2.67. The Hall–Kier alpha value is -1.43. The zero-order valence-electron chi connectivity index (χ0n) is 11.8. The molecule has 1 unspecified atom stereocenters. The minimum absolute atomic E-state index is 0. The van der Waals surface area contributed by atoms with Crippen molar-refractivity contribution in [2.75, 3.05) is 18.4 Å². The van der Waals surface area contributed by atoms with Crippen LogP contribution < -0.4 is 10.6 Å². The Morgan fingerprint density at radius 2 is 2.33 bits per heavy atom. The Balaban J connectivity index is 0.00000161. The second-order valence-corrected chi connectivity index (χ2v) is 6.25. The van der Waals surface area contributed by atoms with Crippen LogP contribution in [0.4, 0.5) is 5.69 Å². The van der Waals surface area contributed by atoms with E-state index in [-0.39, 0.29) is 23.7 Å². The molecular formula is C15H18ClN3OS. The van der Waals surface area contributed by atoms with Crippen molar-refractivity contribution in [3.8, 4) is 10.6 Å². The monoisotopic (exact) mass is 323 g/mol. The first-order chi connectivity index (χ1) is 9.67. The predicted octanol–water partition coefficient (Wildman–Crippen LogP) is 3.17. The Morgan fingerprint density at radius 1 is 1.48 bits per heavy atom. The van der Waals surface area contributed by atoms with Crippen LogP contribution in [0.3, 0.4) is 0 Å². The van der Waals surface area contributed by atoms with Crippen LogP contribution in [0.15, 0.2) is 35.8 Å². The minimum atomic E-state index is -0.308. The van der Waals surface area contributed by atoms with Crippen molar-refractivity contribution in [3.05, 3.63) is 35.8 Å². The SMILES string of the molecule is CC1(C(=O)Nc2cccc(-c3nccs3)c2)CCNC1.Cl. The lowest BCUT2D eigenvalue weighted by Gasteiger charge is -2.21. The van der Waals surface area contributed by atoms with E-state index in [2.05, 4.69) is 15.6 Å². The van der Waals surface area contributed by atoms with Crippen molar-refractivity contribution in [2.24, 2.45) is 5.41 Å². The van der Waals surface area contributed by atoms with E-state index in [4.69, 9.17) is 0 Å². The number of carbonyl (C=O) groups is 1. The first-order valence-corrected chi connectivity index (χ1v) is 7.57. The highest BCUT2D eigenvalue weighted by Crippen LogP contribution is 2.28. The summed E-state index contributed by atoms with van der Waals surface area (Å²) in [4.78, 5) is 16.7. The number of nitrogens with one attached hydrogen (secondary N) is 2. The van der Waals surface area contributed by atoms with Crippen LogP contribution in [-0.4, -0.2) is 24.0 Å².